The second kappa shape index (κ2) is 36.4. The van der Waals surface area contributed by atoms with Crippen molar-refractivity contribution in [1.29, 1.82) is 0 Å². The Hall–Kier alpha value is -1.37. The molecule has 0 aromatic rings. The Morgan fingerprint density at radius 2 is 0.939 bits per heavy atom. The van der Waals surface area contributed by atoms with Crippen molar-refractivity contribution in [1.82, 2.24) is 4.90 Å². The molecule has 0 aliphatic rings. The van der Waals surface area contributed by atoms with Crippen molar-refractivity contribution < 1.29 is 24.9 Å². The average molecular weight is 694 g/mol. The van der Waals surface area contributed by atoms with Crippen molar-refractivity contribution in [3.63, 3.8) is 0 Å². The summed E-state index contributed by atoms with van der Waals surface area (Å²) < 4.78 is 5.48. The van der Waals surface area contributed by atoms with Crippen LogP contribution >= 0.6 is 0 Å². The molecule has 0 rings (SSSR count). The normalized spacial score (nSPS) is 14.6. The minimum atomic E-state index is -1.14. The molecule has 6 heteroatoms. The molecule has 0 bridgehead atoms. The highest BCUT2D eigenvalue weighted by atomic mass is 16.7. The molecule has 3 unspecified atom stereocenters. The topological polar surface area (TPSA) is 90.2 Å². The number of hydrogen-bond donors (Lipinski definition) is 3. The Bertz CT molecular complexity index is 709. The van der Waals surface area contributed by atoms with Gasteiger partial charge in [0.25, 0.3) is 0 Å². The average Bonchev–Trinajstić information content (AvgIpc) is 3.07. The first-order chi connectivity index (χ1) is 23.8. The quantitative estimate of drug-likeness (QED) is 0.0341. The molecule has 0 heterocycles. The van der Waals surface area contributed by atoms with Crippen LogP contribution in [0.15, 0.2) is 24.3 Å². The first-order valence-electron chi connectivity index (χ1n) is 21.0. The molecule has 3 N–H and O–H groups in total. The van der Waals surface area contributed by atoms with Crippen molar-refractivity contribution in [3.05, 3.63) is 24.3 Å². The zero-order valence-corrected chi connectivity index (χ0v) is 32.9. The van der Waals surface area contributed by atoms with E-state index in [2.05, 4.69) is 43.1 Å². The highest BCUT2D eigenvalue weighted by Crippen LogP contribution is 2.26. The molecule has 3 atom stereocenters. The van der Waals surface area contributed by atoms with E-state index in [0.717, 1.165) is 90.0 Å². The smallest absolute Gasteiger partial charge is 0.450 e. The molecule has 290 valence electrons. The van der Waals surface area contributed by atoms with E-state index in [1.54, 1.807) is 0 Å². The predicted molar refractivity (Wildman–Crippen MR) is 210 cm³/mol. The first kappa shape index (κ1) is 47.6. The largest absolute Gasteiger partial charge is 0.506 e. The summed E-state index contributed by atoms with van der Waals surface area (Å²) in [6.07, 6.45) is 40.0. The van der Waals surface area contributed by atoms with E-state index in [1.165, 1.54) is 103 Å². The van der Waals surface area contributed by atoms with Crippen LogP contribution in [0.1, 0.15) is 200 Å². The first-order valence-corrected chi connectivity index (χ1v) is 21.0. The van der Waals surface area contributed by atoms with Crippen LogP contribution in [0.5, 0.6) is 0 Å². The summed E-state index contributed by atoms with van der Waals surface area (Å²) in [7, 11) is 4.08. The molecule has 6 nitrogen and oxygen atoms in total. The Morgan fingerprint density at radius 1 is 0.551 bits per heavy atom. The second-order valence-electron chi connectivity index (χ2n) is 15.1. The van der Waals surface area contributed by atoms with Gasteiger partial charge in [-0.2, -0.15) is 0 Å². The van der Waals surface area contributed by atoms with Gasteiger partial charge in [-0.05, 0) is 90.6 Å². The van der Waals surface area contributed by atoms with Gasteiger partial charge in [0.1, 0.15) is 6.10 Å². The fraction of sp³-hybridized carbons (Fsp3) is 0.884. The lowest BCUT2D eigenvalue weighted by atomic mass is 9.88. The van der Waals surface area contributed by atoms with Crippen LogP contribution in [0.4, 0.5) is 4.79 Å². The number of allylic oxidation sites excluding steroid dienone is 2. The van der Waals surface area contributed by atoms with Crippen LogP contribution in [0.25, 0.3) is 0 Å². The molecule has 0 saturated carbocycles. The number of aliphatic hydroxyl groups is 2. The van der Waals surface area contributed by atoms with Crippen LogP contribution in [-0.2, 0) is 4.74 Å². The van der Waals surface area contributed by atoms with E-state index in [-0.39, 0.29) is 18.3 Å². The maximum Gasteiger partial charge on any atom is 0.506 e. The summed E-state index contributed by atoms with van der Waals surface area (Å²) in [5.74, 6) is 0.301. The van der Waals surface area contributed by atoms with Gasteiger partial charge in [-0.15, -0.1) is 0 Å². The van der Waals surface area contributed by atoms with Crippen LogP contribution in [0, 0.1) is 5.92 Å². The van der Waals surface area contributed by atoms with E-state index >= 15 is 0 Å². The van der Waals surface area contributed by atoms with Crippen molar-refractivity contribution in [2.24, 2.45) is 5.92 Å². The Kier molecular flexibility index (Phi) is 35.4. The zero-order valence-electron chi connectivity index (χ0n) is 32.9. The van der Waals surface area contributed by atoms with E-state index in [4.69, 9.17) is 4.74 Å². The van der Waals surface area contributed by atoms with Gasteiger partial charge < -0.3 is 25.0 Å². The Morgan fingerprint density at radius 3 is 1.35 bits per heavy atom. The van der Waals surface area contributed by atoms with Crippen LogP contribution in [-0.4, -0.2) is 65.3 Å². The standard InChI is InChI=1S/C43H83NO5/c1-5-7-9-27-33-40(45)35-29-23-19-15-11-13-17-21-25-31-39(42(49-43(47)48)37-38-44(3)4)32-26-22-18-14-12-16-20-24-30-36-41(46)34-28-10-8-6-2/h23-24,29-30,39-42,45-46H,5-22,25-28,31-38H2,1-4H3,(H,47,48). The zero-order chi connectivity index (χ0) is 36.2. The number of unbranched alkanes of at least 4 members (excludes halogenated alkanes) is 18. The van der Waals surface area contributed by atoms with Crippen LogP contribution < -0.4 is 0 Å². The summed E-state index contributed by atoms with van der Waals surface area (Å²) in [4.78, 5) is 13.7. The maximum atomic E-state index is 11.6. The highest BCUT2D eigenvalue weighted by molar-refractivity contribution is 5.57. The van der Waals surface area contributed by atoms with Gasteiger partial charge >= 0.3 is 6.16 Å². The lowest BCUT2D eigenvalue weighted by molar-refractivity contribution is 0.0118. The third kappa shape index (κ3) is 34.8. The van der Waals surface area contributed by atoms with Gasteiger partial charge in [0.05, 0.1) is 12.2 Å². The van der Waals surface area contributed by atoms with Gasteiger partial charge in [-0.1, -0.05) is 154 Å². The molecule has 0 fully saturated rings. The van der Waals surface area contributed by atoms with Crippen molar-refractivity contribution in [2.75, 3.05) is 20.6 Å². The van der Waals surface area contributed by atoms with E-state index in [1.807, 2.05) is 14.1 Å². The number of aliphatic hydroxyl groups excluding tert-OH is 2. The molecule has 0 aliphatic carbocycles. The molecule has 0 aliphatic heterocycles. The fourth-order valence-corrected chi connectivity index (χ4v) is 6.77. The Labute approximate surface area is 304 Å². The monoisotopic (exact) mass is 694 g/mol. The fourth-order valence-electron chi connectivity index (χ4n) is 6.77. The number of ether oxygens (including phenoxy) is 1. The van der Waals surface area contributed by atoms with Gasteiger partial charge in [0.15, 0.2) is 0 Å². The summed E-state index contributed by atoms with van der Waals surface area (Å²) in [5.41, 5.74) is 0. The van der Waals surface area contributed by atoms with E-state index in [9.17, 15) is 20.1 Å². The number of rotatable bonds is 37. The van der Waals surface area contributed by atoms with Crippen molar-refractivity contribution in [3.8, 4) is 0 Å². The lowest BCUT2D eigenvalue weighted by Gasteiger charge is -2.27. The molecule has 0 aromatic heterocycles. The van der Waals surface area contributed by atoms with Gasteiger partial charge in [0.2, 0.25) is 0 Å². The summed E-state index contributed by atoms with van der Waals surface area (Å²) in [5, 5.41) is 29.7. The molecule has 0 saturated heterocycles. The molecular formula is C43H83NO5. The van der Waals surface area contributed by atoms with Gasteiger partial charge in [-0.3, -0.25) is 0 Å². The number of carboxylic acid groups (broad SMARTS) is 1. The molecule has 0 aromatic carbocycles. The third-order valence-electron chi connectivity index (χ3n) is 9.96. The molecule has 0 amide bonds. The van der Waals surface area contributed by atoms with Gasteiger partial charge in [-0.25, -0.2) is 4.79 Å². The summed E-state index contributed by atoms with van der Waals surface area (Å²) in [6.45, 7) is 5.28. The van der Waals surface area contributed by atoms with Crippen LogP contribution in [0.3, 0.4) is 0 Å². The van der Waals surface area contributed by atoms with Crippen LogP contribution in [0.2, 0.25) is 0 Å². The molecule has 49 heavy (non-hydrogen) atoms. The maximum absolute atomic E-state index is 11.6. The van der Waals surface area contributed by atoms with Crippen molar-refractivity contribution >= 4 is 6.16 Å². The number of nitrogens with zero attached hydrogens (tertiary/aromatic N) is 1. The highest BCUT2D eigenvalue weighted by Gasteiger charge is 2.25. The predicted octanol–water partition coefficient (Wildman–Crippen LogP) is 12.4. The number of carbonyl (C=O) groups is 1. The Balaban J connectivity index is 4.27. The van der Waals surface area contributed by atoms with Gasteiger partial charge in [0, 0.05) is 6.54 Å². The minimum absolute atomic E-state index is 0.180. The molecular weight excluding hydrogens is 610 g/mol. The third-order valence-corrected chi connectivity index (χ3v) is 9.96. The minimum Gasteiger partial charge on any atom is -0.450 e. The summed E-state index contributed by atoms with van der Waals surface area (Å²) in [6, 6.07) is 0. The van der Waals surface area contributed by atoms with Crippen molar-refractivity contribution in [2.45, 2.75) is 218 Å². The molecule has 0 radical (unpaired) electrons. The van der Waals surface area contributed by atoms with E-state index in [0.29, 0.717) is 5.92 Å². The summed E-state index contributed by atoms with van der Waals surface area (Å²) >= 11 is 0. The lowest BCUT2D eigenvalue weighted by Crippen LogP contribution is -2.30. The van der Waals surface area contributed by atoms with E-state index < -0.39 is 6.16 Å². The number of hydrogen-bond acceptors (Lipinski definition) is 5. The molecule has 0 spiro atoms. The second-order valence-corrected chi connectivity index (χ2v) is 15.1. The SMILES string of the molecule is CCCCCCC(O)CC=CCCCCCCCCC(CCCCCCCCC=CCC(O)CCCCCC)C(CCN(C)C)OC(=O)O.